The zero-order chi connectivity index (χ0) is 19.1. The van der Waals surface area contributed by atoms with Crippen molar-refractivity contribution >= 4 is 29.4 Å². The Labute approximate surface area is 149 Å². The van der Waals surface area contributed by atoms with Crippen LogP contribution in [-0.2, 0) is 4.79 Å². The number of carboxylic acids is 1. The highest BCUT2D eigenvalue weighted by atomic mass is 16.4. The molecule has 134 valence electrons. The van der Waals surface area contributed by atoms with Gasteiger partial charge in [-0.15, -0.1) is 0 Å². The van der Waals surface area contributed by atoms with Crippen molar-refractivity contribution in [3.63, 3.8) is 0 Å². The summed E-state index contributed by atoms with van der Waals surface area (Å²) >= 11 is 0. The van der Waals surface area contributed by atoms with E-state index < -0.39 is 17.8 Å². The molecule has 0 saturated heterocycles. The van der Waals surface area contributed by atoms with Crippen molar-refractivity contribution in [2.24, 2.45) is 0 Å². The van der Waals surface area contributed by atoms with E-state index in [4.69, 9.17) is 0 Å². The highest BCUT2D eigenvalue weighted by Crippen LogP contribution is 2.10. The molecule has 0 bridgehead atoms. The molecule has 2 aromatic rings. The minimum Gasteiger partial charge on any atom is -0.545 e. The number of anilines is 1. The number of carboxylic acid groups (broad SMARTS) is 1. The predicted molar refractivity (Wildman–Crippen MR) is 91.1 cm³/mol. The maximum absolute atomic E-state index is 12.0. The quantitative estimate of drug-likeness (QED) is 0.673. The molecular weight excluding hydrogens is 338 g/mol. The summed E-state index contributed by atoms with van der Waals surface area (Å²) in [6.07, 6.45) is 0.335. The minimum atomic E-state index is -1.49. The van der Waals surface area contributed by atoms with Gasteiger partial charge in [0.25, 0.3) is 11.8 Å². The standard InChI is InChI=1S/C18H17N3O5/c1-2-15(22)19-12-9-7-11(8-10-12)16(23)20-21-17(24)13-5-3-4-6-14(13)18(25)26/h3-10H,2H2,1H3,(H,19,22)(H,20,23)(H,21,24)(H,25,26)/p-1. The molecule has 0 saturated carbocycles. The number of carbonyl (C=O) groups is 4. The highest BCUT2D eigenvalue weighted by Gasteiger charge is 2.13. The molecule has 0 unspecified atom stereocenters. The first-order valence-electron chi connectivity index (χ1n) is 7.73. The van der Waals surface area contributed by atoms with Crippen LogP contribution in [0.4, 0.5) is 5.69 Å². The molecule has 26 heavy (non-hydrogen) atoms. The molecule has 0 aromatic heterocycles. The largest absolute Gasteiger partial charge is 0.545 e. The Morgan fingerprint density at radius 3 is 2.00 bits per heavy atom. The molecule has 8 heteroatoms. The Kier molecular flexibility index (Phi) is 6.05. The van der Waals surface area contributed by atoms with Crippen molar-refractivity contribution in [3.05, 3.63) is 65.2 Å². The monoisotopic (exact) mass is 354 g/mol. The van der Waals surface area contributed by atoms with Crippen molar-refractivity contribution < 1.29 is 24.3 Å². The van der Waals surface area contributed by atoms with Crippen LogP contribution < -0.4 is 21.3 Å². The van der Waals surface area contributed by atoms with E-state index in [1.165, 1.54) is 36.4 Å². The molecule has 3 amide bonds. The van der Waals surface area contributed by atoms with E-state index in [-0.39, 0.29) is 22.6 Å². The first-order valence-corrected chi connectivity index (χ1v) is 7.73. The van der Waals surface area contributed by atoms with E-state index in [2.05, 4.69) is 16.2 Å². The molecule has 0 fully saturated rings. The van der Waals surface area contributed by atoms with Crippen LogP contribution in [0.2, 0.25) is 0 Å². The summed E-state index contributed by atoms with van der Waals surface area (Å²) < 4.78 is 0. The van der Waals surface area contributed by atoms with Crippen LogP contribution in [0.25, 0.3) is 0 Å². The van der Waals surface area contributed by atoms with Gasteiger partial charge < -0.3 is 15.2 Å². The van der Waals surface area contributed by atoms with E-state index in [0.29, 0.717) is 12.1 Å². The third-order valence-corrected chi connectivity index (χ3v) is 3.43. The molecule has 0 spiro atoms. The summed E-state index contributed by atoms with van der Waals surface area (Å²) in [6, 6.07) is 11.5. The first-order chi connectivity index (χ1) is 12.4. The molecule has 2 aromatic carbocycles. The maximum atomic E-state index is 12.0. The van der Waals surface area contributed by atoms with Crippen LogP contribution in [0.5, 0.6) is 0 Å². The number of aromatic carboxylic acids is 1. The van der Waals surface area contributed by atoms with Gasteiger partial charge in [-0.05, 0) is 30.3 Å². The second-order valence-corrected chi connectivity index (χ2v) is 5.22. The van der Waals surface area contributed by atoms with Gasteiger partial charge in [0.05, 0.1) is 11.5 Å². The Bertz CT molecular complexity index is 846. The first kappa shape index (κ1) is 18.7. The van der Waals surface area contributed by atoms with Crippen molar-refractivity contribution in [3.8, 4) is 0 Å². The number of rotatable bonds is 5. The van der Waals surface area contributed by atoms with E-state index >= 15 is 0 Å². The second-order valence-electron chi connectivity index (χ2n) is 5.22. The van der Waals surface area contributed by atoms with Crippen LogP contribution in [0.3, 0.4) is 0 Å². The third kappa shape index (κ3) is 4.67. The number of hydrogen-bond acceptors (Lipinski definition) is 5. The lowest BCUT2D eigenvalue weighted by Crippen LogP contribution is -2.42. The van der Waals surface area contributed by atoms with Crippen LogP contribution in [-0.4, -0.2) is 23.7 Å². The minimum absolute atomic E-state index is 0.134. The lowest BCUT2D eigenvalue weighted by molar-refractivity contribution is -0.255. The fourth-order valence-electron chi connectivity index (χ4n) is 2.07. The summed E-state index contributed by atoms with van der Waals surface area (Å²) in [6.45, 7) is 1.72. The van der Waals surface area contributed by atoms with Crippen molar-refractivity contribution in [2.45, 2.75) is 13.3 Å². The highest BCUT2D eigenvalue weighted by molar-refractivity contribution is 6.05. The molecule has 0 heterocycles. The predicted octanol–water partition coefficient (Wildman–Crippen LogP) is 0.473. The number of amides is 3. The van der Waals surface area contributed by atoms with Gasteiger partial charge in [0, 0.05) is 23.2 Å². The molecule has 0 atom stereocenters. The lowest BCUT2D eigenvalue weighted by Gasteiger charge is -2.11. The maximum Gasteiger partial charge on any atom is 0.270 e. The topological polar surface area (TPSA) is 127 Å². The molecule has 3 N–H and O–H groups in total. The molecule has 0 aliphatic carbocycles. The van der Waals surface area contributed by atoms with E-state index in [0.717, 1.165) is 0 Å². The van der Waals surface area contributed by atoms with Crippen LogP contribution in [0.1, 0.15) is 44.4 Å². The van der Waals surface area contributed by atoms with E-state index in [1.807, 2.05) is 0 Å². The number of hydrazine groups is 1. The summed E-state index contributed by atoms with van der Waals surface area (Å²) in [5.74, 6) is -3.03. The van der Waals surface area contributed by atoms with Gasteiger partial charge in [-0.2, -0.15) is 0 Å². The average Bonchev–Trinajstić information content (AvgIpc) is 2.66. The zero-order valence-electron chi connectivity index (χ0n) is 13.9. The van der Waals surface area contributed by atoms with Crippen LogP contribution in [0, 0.1) is 0 Å². The van der Waals surface area contributed by atoms with Gasteiger partial charge in [-0.1, -0.05) is 25.1 Å². The number of hydrogen-bond donors (Lipinski definition) is 3. The van der Waals surface area contributed by atoms with Crippen LogP contribution >= 0.6 is 0 Å². The summed E-state index contributed by atoms with van der Waals surface area (Å²) in [5, 5.41) is 13.7. The van der Waals surface area contributed by atoms with Crippen molar-refractivity contribution in [1.29, 1.82) is 0 Å². The van der Waals surface area contributed by atoms with Gasteiger partial charge in [0.2, 0.25) is 5.91 Å². The number of carbonyl (C=O) groups excluding carboxylic acids is 4. The van der Waals surface area contributed by atoms with E-state index in [9.17, 15) is 24.3 Å². The Morgan fingerprint density at radius 2 is 1.42 bits per heavy atom. The van der Waals surface area contributed by atoms with Crippen LogP contribution in [0.15, 0.2) is 48.5 Å². The Hall–Kier alpha value is -3.68. The Balaban J connectivity index is 1.99. The molecule has 2 rings (SSSR count). The molecule has 8 nitrogen and oxygen atoms in total. The van der Waals surface area contributed by atoms with Crippen molar-refractivity contribution in [1.82, 2.24) is 10.9 Å². The van der Waals surface area contributed by atoms with Gasteiger partial charge in [-0.3, -0.25) is 25.2 Å². The summed E-state index contributed by atoms with van der Waals surface area (Å²) in [4.78, 5) is 46.4. The van der Waals surface area contributed by atoms with Crippen molar-refractivity contribution in [2.75, 3.05) is 5.32 Å². The SMILES string of the molecule is CCC(=O)Nc1ccc(C(=O)NNC(=O)c2ccccc2C(=O)[O-])cc1. The number of nitrogens with one attached hydrogen (secondary N) is 3. The van der Waals surface area contributed by atoms with Gasteiger partial charge in [0.1, 0.15) is 0 Å². The lowest BCUT2D eigenvalue weighted by atomic mass is 10.1. The second kappa shape index (κ2) is 8.43. The van der Waals surface area contributed by atoms with E-state index in [1.54, 1.807) is 19.1 Å². The zero-order valence-corrected chi connectivity index (χ0v) is 13.9. The molecular formula is C18H16N3O5-. The summed E-state index contributed by atoms with van der Waals surface area (Å²) in [5.41, 5.74) is 4.71. The molecule has 0 aliphatic rings. The Morgan fingerprint density at radius 1 is 0.846 bits per heavy atom. The fourth-order valence-corrected chi connectivity index (χ4v) is 2.07. The summed E-state index contributed by atoms with van der Waals surface area (Å²) in [7, 11) is 0. The van der Waals surface area contributed by atoms with Gasteiger partial charge in [0.15, 0.2) is 0 Å². The average molecular weight is 354 g/mol. The van der Waals surface area contributed by atoms with Gasteiger partial charge >= 0.3 is 0 Å². The molecule has 0 radical (unpaired) electrons. The molecule has 0 aliphatic heterocycles. The fraction of sp³-hybridized carbons (Fsp3) is 0.111. The number of benzene rings is 2. The smallest absolute Gasteiger partial charge is 0.270 e. The third-order valence-electron chi connectivity index (χ3n) is 3.43. The van der Waals surface area contributed by atoms with Gasteiger partial charge in [-0.25, -0.2) is 0 Å². The normalized spacial score (nSPS) is 9.88.